The molecule has 2 rings (SSSR count). The highest BCUT2D eigenvalue weighted by Crippen LogP contribution is 2.14. The summed E-state index contributed by atoms with van der Waals surface area (Å²) >= 11 is 0. The van der Waals surface area contributed by atoms with Gasteiger partial charge in [-0.3, -0.25) is 4.79 Å². The van der Waals surface area contributed by atoms with Crippen molar-refractivity contribution in [2.45, 2.75) is 25.9 Å². The Bertz CT molecular complexity index is 406. The highest BCUT2D eigenvalue weighted by molar-refractivity contribution is 5.94. The van der Waals surface area contributed by atoms with Gasteiger partial charge in [0.25, 0.3) is 5.91 Å². The number of rotatable bonds is 2. The highest BCUT2D eigenvalue weighted by atomic mass is 16.5. The number of piperazine rings is 1. The zero-order valence-corrected chi connectivity index (χ0v) is 11.1. The van der Waals surface area contributed by atoms with Gasteiger partial charge in [0, 0.05) is 30.7 Å². The molecule has 18 heavy (non-hydrogen) atoms. The number of ether oxygens (including phenoxy) is 1. The fourth-order valence-corrected chi connectivity index (χ4v) is 2.41. The Morgan fingerprint density at radius 2 is 1.78 bits per heavy atom. The normalized spacial score (nSPS) is 23.8. The van der Waals surface area contributed by atoms with Crippen LogP contribution in [0.3, 0.4) is 0 Å². The van der Waals surface area contributed by atoms with Crippen molar-refractivity contribution in [2.24, 2.45) is 0 Å². The number of nitrogens with zero attached hydrogens (tertiary/aromatic N) is 1. The average molecular weight is 248 g/mol. The summed E-state index contributed by atoms with van der Waals surface area (Å²) in [5.74, 6) is 0.867. The summed E-state index contributed by atoms with van der Waals surface area (Å²) in [6, 6.07) is 7.97. The van der Waals surface area contributed by atoms with Crippen LogP contribution >= 0.6 is 0 Å². The number of hydrogen-bond acceptors (Lipinski definition) is 3. The molecule has 0 radical (unpaired) electrons. The van der Waals surface area contributed by atoms with Crippen LogP contribution in [0.5, 0.6) is 5.75 Å². The first-order valence-electron chi connectivity index (χ1n) is 6.29. The Hall–Kier alpha value is -1.55. The minimum absolute atomic E-state index is 0.0952. The second-order valence-electron chi connectivity index (χ2n) is 4.91. The lowest BCUT2D eigenvalue weighted by Gasteiger charge is -2.36. The van der Waals surface area contributed by atoms with E-state index in [2.05, 4.69) is 19.2 Å². The van der Waals surface area contributed by atoms with Gasteiger partial charge in [-0.15, -0.1) is 0 Å². The van der Waals surface area contributed by atoms with Gasteiger partial charge in [0.2, 0.25) is 0 Å². The Kier molecular flexibility index (Phi) is 3.87. The van der Waals surface area contributed by atoms with Crippen molar-refractivity contribution in [1.29, 1.82) is 0 Å². The summed E-state index contributed by atoms with van der Waals surface area (Å²) in [6.45, 7) is 5.72. The van der Waals surface area contributed by atoms with E-state index in [1.165, 1.54) is 0 Å². The molecular weight excluding hydrogens is 228 g/mol. The topological polar surface area (TPSA) is 41.6 Å². The van der Waals surface area contributed by atoms with Crippen LogP contribution in [0.25, 0.3) is 0 Å². The average Bonchev–Trinajstić information content (AvgIpc) is 2.37. The summed E-state index contributed by atoms with van der Waals surface area (Å²) in [7, 11) is 1.62. The molecule has 1 fully saturated rings. The Balaban J connectivity index is 2.09. The van der Waals surface area contributed by atoms with Crippen LogP contribution < -0.4 is 10.1 Å². The van der Waals surface area contributed by atoms with Crippen molar-refractivity contribution < 1.29 is 9.53 Å². The summed E-state index contributed by atoms with van der Waals surface area (Å²) < 4.78 is 5.09. The van der Waals surface area contributed by atoms with E-state index in [1.54, 1.807) is 7.11 Å². The molecule has 1 amide bonds. The van der Waals surface area contributed by atoms with Crippen LogP contribution in [-0.4, -0.2) is 43.1 Å². The minimum Gasteiger partial charge on any atom is -0.497 e. The standard InChI is InChI=1S/C14H20N2O2/c1-10-8-16(9-11(2)15-10)14(17)12-4-6-13(18-3)7-5-12/h4-7,10-11,15H,8-9H2,1-3H3. The van der Waals surface area contributed by atoms with Crippen LogP contribution in [0.15, 0.2) is 24.3 Å². The first kappa shape index (κ1) is 12.9. The molecule has 0 saturated carbocycles. The number of hydrogen-bond donors (Lipinski definition) is 1. The number of amides is 1. The van der Waals surface area contributed by atoms with Crippen LogP contribution in [0.2, 0.25) is 0 Å². The third-order valence-corrected chi connectivity index (χ3v) is 3.18. The minimum atomic E-state index is 0.0952. The third kappa shape index (κ3) is 2.82. The van der Waals surface area contributed by atoms with E-state index in [4.69, 9.17) is 4.74 Å². The lowest BCUT2D eigenvalue weighted by Crippen LogP contribution is -2.55. The lowest BCUT2D eigenvalue weighted by atomic mass is 10.1. The molecule has 1 aliphatic heterocycles. The molecule has 2 unspecified atom stereocenters. The summed E-state index contributed by atoms with van der Waals surface area (Å²) in [5.41, 5.74) is 0.720. The molecule has 0 aromatic heterocycles. The maximum atomic E-state index is 12.3. The SMILES string of the molecule is COc1ccc(C(=O)N2CC(C)NC(C)C2)cc1. The van der Waals surface area contributed by atoms with Crippen LogP contribution in [0.4, 0.5) is 0 Å². The number of carbonyl (C=O) groups is 1. The van der Waals surface area contributed by atoms with E-state index < -0.39 is 0 Å². The molecule has 4 nitrogen and oxygen atoms in total. The fraction of sp³-hybridized carbons (Fsp3) is 0.500. The van der Waals surface area contributed by atoms with Crippen molar-refractivity contribution in [3.63, 3.8) is 0 Å². The highest BCUT2D eigenvalue weighted by Gasteiger charge is 2.25. The molecule has 1 aromatic rings. The molecule has 1 N–H and O–H groups in total. The van der Waals surface area contributed by atoms with Gasteiger partial charge in [-0.2, -0.15) is 0 Å². The molecule has 1 saturated heterocycles. The monoisotopic (exact) mass is 248 g/mol. The van der Waals surface area contributed by atoms with E-state index in [1.807, 2.05) is 29.2 Å². The Morgan fingerprint density at radius 1 is 1.22 bits per heavy atom. The molecule has 98 valence electrons. The van der Waals surface area contributed by atoms with Gasteiger partial charge in [0.05, 0.1) is 7.11 Å². The predicted molar refractivity (Wildman–Crippen MR) is 71.0 cm³/mol. The zero-order chi connectivity index (χ0) is 13.1. The molecule has 1 aromatic carbocycles. The first-order chi connectivity index (χ1) is 8.60. The van der Waals surface area contributed by atoms with Crippen LogP contribution in [0.1, 0.15) is 24.2 Å². The quantitative estimate of drug-likeness (QED) is 0.862. The molecule has 1 heterocycles. The van der Waals surface area contributed by atoms with Gasteiger partial charge >= 0.3 is 0 Å². The van der Waals surface area contributed by atoms with E-state index >= 15 is 0 Å². The second kappa shape index (κ2) is 5.40. The number of carbonyl (C=O) groups excluding carboxylic acids is 1. The van der Waals surface area contributed by atoms with Gasteiger partial charge < -0.3 is 15.0 Å². The van der Waals surface area contributed by atoms with Gasteiger partial charge in [-0.1, -0.05) is 0 Å². The maximum absolute atomic E-state index is 12.3. The van der Waals surface area contributed by atoms with Crippen LogP contribution in [-0.2, 0) is 0 Å². The second-order valence-corrected chi connectivity index (χ2v) is 4.91. The Labute approximate surface area is 108 Å². The summed E-state index contributed by atoms with van der Waals surface area (Å²) in [4.78, 5) is 14.3. The van der Waals surface area contributed by atoms with E-state index in [-0.39, 0.29) is 5.91 Å². The lowest BCUT2D eigenvalue weighted by molar-refractivity contribution is 0.0674. The van der Waals surface area contributed by atoms with Crippen molar-refractivity contribution in [1.82, 2.24) is 10.2 Å². The first-order valence-corrected chi connectivity index (χ1v) is 6.29. The van der Waals surface area contributed by atoms with Gasteiger partial charge in [0.15, 0.2) is 0 Å². The molecule has 0 aliphatic carbocycles. The van der Waals surface area contributed by atoms with Crippen molar-refractivity contribution >= 4 is 5.91 Å². The van der Waals surface area contributed by atoms with E-state index in [9.17, 15) is 4.79 Å². The molecule has 0 bridgehead atoms. The van der Waals surface area contributed by atoms with Crippen LogP contribution in [0, 0.1) is 0 Å². The molecule has 2 atom stereocenters. The van der Waals surface area contributed by atoms with E-state index in [0.717, 1.165) is 24.4 Å². The predicted octanol–water partition coefficient (Wildman–Crippen LogP) is 1.52. The number of nitrogens with one attached hydrogen (secondary N) is 1. The number of benzene rings is 1. The van der Waals surface area contributed by atoms with Gasteiger partial charge in [-0.25, -0.2) is 0 Å². The van der Waals surface area contributed by atoms with Gasteiger partial charge in [-0.05, 0) is 38.1 Å². The largest absolute Gasteiger partial charge is 0.497 e. The molecule has 1 aliphatic rings. The zero-order valence-electron chi connectivity index (χ0n) is 11.1. The fourth-order valence-electron chi connectivity index (χ4n) is 2.41. The Morgan fingerprint density at radius 3 is 2.28 bits per heavy atom. The smallest absolute Gasteiger partial charge is 0.253 e. The van der Waals surface area contributed by atoms with E-state index in [0.29, 0.717) is 12.1 Å². The van der Waals surface area contributed by atoms with Crippen molar-refractivity contribution in [3.8, 4) is 5.75 Å². The van der Waals surface area contributed by atoms with Gasteiger partial charge in [0.1, 0.15) is 5.75 Å². The number of methoxy groups -OCH3 is 1. The maximum Gasteiger partial charge on any atom is 0.253 e. The molecule has 4 heteroatoms. The summed E-state index contributed by atoms with van der Waals surface area (Å²) in [6.07, 6.45) is 0. The molecule has 0 spiro atoms. The molecular formula is C14H20N2O2. The van der Waals surface area contributed by atoms with Crippen molar-refractivity contribution in [2.75, 3.05) is 20.2 Å². The summed E-state index contributed by atoms with van der Waals surface area (Å²) in [5, 5.41) is 3.42. The van der Waals surface area contributed by atoms with Crippen molar-refractivity contribution in [3.05, 3.63) is 29.8 Å². The third-order valence-electron chi connectivity index (χ3n) is 3.18.